The highest BCUT2D eigenvalue weighted by atomic mass is 16.5. The van der Waals surface area contributed by atoms with E-state index in [9.17, 15) is 14.7 Å². The quantitative estimate of drug-likeness (QED) is 0.899. The summed E-state index contributed by atoms with van der Waals surface area (Å²) in [7, 11) is 0. The van der Waals surface area contributed by atoms with Crippen molar-refractivity contribution in [1.29, 1.82) is 0 Å². The summed E-state index contributed by atoms with van der Waals surface area (Å²) in [5.41, 5.74) is 0.287. The number of carbonyl (C=O) groups is 2. The molecular formula is C19H22N2O4. The van der Waals surface area contributed by atoms with Crippen LogP contribution in [0.1, 0.15) is 30.1 Å². The van der Waals surface area contributed by atoms with Crippen molar-refractivity contribution in [3.63, 3.8) is 0 Å². The van der Waals surface area contributed by atoms with Gasteiger partial charge in [-0.15, -0.1) is 0 Å². The van der Waals surface area contributed by atoms with Crippen LogP contribution in [0.15, 0.2) is 36.4 Å². The maximum absolute atomic E-state index is 12.8. The second-order valence-electron chi connectivity index (χ2n) is 6.17. The molecule has 2 aromatic carbocycles. The first kappa shape index (κ1) is 17.1. The predicted octanol–water partition coefficient (Wildman–Crippen LogP) is 2.90. The number of carbonyl (C=O) groups excluding carboxylic acids is 2. The zero-order valence-corrected chi connectivity index (χ0v) is 14.2. The Morgan fingerprint density at radius 2 is 2.00 bits per heavy atom. The second-order valence-corrected chi connectivity index (χ2v) is 6.17. The highest BCUT2D eigenvalue weighted by Gasteiger charge is 2.27. The van der Waals surface area contributed by atoms with Gasteiger partial charge in [-0.05, 0) is 42.7 Å². The maximum atomic E-state index is 12.8. The van der Waals surface area contributed by atoms with Crippen molar-refractivity contribution in [2.24, 2.45) is 0 Å². The summed E-state index contributed by atoms with van der Waals surface area (Å²) in [5, 5.41) is 14.8. The van der Waals surface area contributed by atoms with Crippen LogP contribution in [0, 0.1) is 0 Å². The molecule has 1 saturated heterocycles. The van der Waals surface area contributed by atoms with Crippen molar-refractivity contribution in [1.82, 2.24) is 10.2 Å². The van der Waals surface area contributed by atoms with E-state index in [0.29, 0.717) is 19.7 Å². The lowest BCUT2D eigenvalue weighted by Gasteiger charge is -2.33. The number of rotatable bonds is 3. The number of fused-ring (bicyclic) bond motifs is 1. The molecule has 0 spiro atoms. The van der Waals surface area contributed by atoms with Gasteiger partial charge in [0, 0.05) is 19.1 Å². The van der Waals surface area contributed by atoms with Crippen LogP contribution in [-0.4, -0.2) is 47.7 Å². The number of phenols is 1. The maximum Gasteiger partial charge on any atom is 0.407 e. The number of amides is 2. The van der Waals surface area contributed by atoms with E-state index in [1.165, 1.54) is 0 Å². The number of likely N-dealkylation sites (tertiary alicyclic amines) is 1. The summed E-state index contributed by atoms with van der Waals surface area (Å²) in [6.45, 7) is 3.07. The minimum absolute atomic E-state index is 0.0239. The van der Waals surface area contributed by atoms with Crippen LogP contribution < -0.4 is 5.32 Å². The van der Waals surface area contributed by atoms with Gasteiger partial charge >= 0.3 is 6.09 Å². The van der Waals surface area contributed by atoms with Gasteiger partial charge < -0.3 is 20.1 Å². The molecule has 1 heterocycles. The van der Waals surface area contributed by atoms with E-state index >= 15 is 0 Å². The Balaban J connectivity index is 1.76. The van der Waals surface area contributed by atoms with E-state index in [-0.39, 0.29) is 23.3 Å². The first-order chi connectivity index (χ1) is 12.1. The van der Waals surface area contributed by atoms with E-state index in [4.69, 9.17) is 4.74 Å². The van der Waals surface area contributed by atoms with E-state index < -0.39 is 6.09 Å². The van der Waals surface area contributed by atoms with Crippen LogP contribution in [0.2, 0.25) is 0 Å². The lowest BCUT2D eigenvalue weighted by molar-refractivity contribution is 0.0683. The molecule has 2 N–H and O–H groups in total. The zero-order valence-electron chi connectivity index (χ0n) is 14.2. The Bertz CT molecular complexity index is 790. The average Bonchev–Trinajstić information content (AvgIpc) is 2.61. The van der Waals surface area contributed by atoms with E-state index in [1.54, 1.807) is 24.0 Å². The number of alkyl carbamates (subject to hydrolysis) is 1. The number of aromatic hydroxyl groups is 1. The van der Waals surface area contributed by atoms with Gasteiger partial charge in [0.1, 0.15) is 5.75 Å². The summed E-state index contributed by atoms with van der Waals surface area (Å²) >= 11 is 0. The van der Waals surface area contributed by atoms with Crippen molar-refractivity contribution in [3.05, 3.63) is 42.0 Å². The van der Waals surface area contributed by atoms with Gasteiger partial charge in [-0.1, -0.05) is 24.3 Å². The number of ether oxygens (including phenoxy) is 1. The predicted molar refractivity (Wildman–Crippen MR) is 94.7 cm³/mol. The third-order valence-electron chi connectivity index (χ3n) is 4.40. The third-order valence-corrected chi connectivity index (χ3v) is 4.40. The van der Waals surface area contributed by atoms with Crippen LogP contribution in [-0.2, 0) is 4.74 Å². The van der Waals surface area contributed by atoms with Crippen molar-refractivity contribution in [3.8, 4) is 5.75 Å². The summed E-state index contributed by atoms with van der Waals surface area (Å²) in [4.78, 5) is 26.1. The number of piperidine rings is 1. The molecule has 6 heteroatoms. The molecule has 132 valence electrons. The monoisotopic (exact) mass is 342 g/mol. The van der Waals surface area contributed by atoms with Gasteiger partial charge in [-0.3, -0.25) is 4.79 Å². The Morgan fingerprint density at radius 3 is 2.72 bits per heavy atom. The van der Waals surface area contributed by atoms with Gasteiger partial charge in [-0.25, -0.2) is 4.79 Å². The van der Waals surface area contributed by atoms with Crippen molar-refractivity contribution >= 4 is 22.8 Å². The average molecular weight is 342 g/mol. The summed E-state index contributed by atoms with van der Waals surface area (Å²) in [5.74, 6) is -0.247. The van der Waals surface area contributed by atoms with Crippen molar-refractivity contribution in [2.45, 2.75) is 25.8 Å². The fourth-order valence-corrected chi connectivity index (χ4v) is 3.19. The molecule has 2 aromatic rings. The first-order valence-corrected chi connectivity index (χ1v) is 8.53. The van der Waals surface area contributed by atoms with Gasteiger partial charge in [0.05, 0.1) is 12.2 Å². The molecule has 1 aliphatic rings. The number of phenolic OH excluding ortho intramolecular Hbond substituents is 1. The molecule has 6 nitrogen and oxygen atoms in total. The fraction of sp³-hybridized carbons (Fsp3) is 0.368. The molecule has 25 heavy (non-hydrogen) atoms. The minimum Gasteiger partial charge on any atom is -0.507 e. The lowest BCUT2D eigenvalue weighted by Crippen LogP contribution is -2.49. The molecule has 3 rings (SSSR count). The van der Waals surface area contributed by atoms with Crippen molar-refractivity contribution in [2.75, 3.05) is 19.7 Å². The summed E-state index contributed by atoms with van der Waals surface area (Å²) < 4.78 is 4.90. The van der Waals surface area contributed by atoms with Gasteiger partial charge in [0.15, 0.2) is 0 Å². The van der Waals surface area contributed by atoms with Crippen LogP contribution in [0.4, 0.5) is 4.79 Å². The Labute approximate surface area is 146 Å². The molecule has 1 aliphatic heterocycles. The molecule has 1 fully saturated rings. The topological polar surface area (TPSA) is 78.9 Å². The zero-order chi connectivity index (χ0) is 17.8. The first-order valence-electron chi connectivity index (χ1n) is 8.53. The SMILES string of the molecule is CCOC(=O)N[C@H]1CCCN(C(=O)c2cc3ccccc3cc2O)C1. The van der Waals surface area contributed by atoms with Gasteiger partial charge in [-0.2, -0.15) is 0 Å². The summed E-state index contributed by atoms with van der Waals surface area (Å²) in [6, 6.07) is 10.8. The van der Waals surface area contributed by atoms with E-state index in [0.717, 1.165) is 23.6 Å². The molecule has 1 atom stereocenters. The normalized spacial score (nSPS) is 17.3. The number of nitrogens with one attached hydrogen (secondary N) is 1. The fourth-order valence-electron chi connectivity index (χ4n) is 3.19. The smallest absolute Gasteiger partial charge is 0.407 e. The Morgan fingerprint density at radius 1 is 1.28 bits per heavy atom. The number of benzene rings is 2. The number of hydrogen-bond donors (Lipinski definition) is 2. The Hall–Kier alpha value is -2.76. The second kappa shape index (κ2) is 7.42. The highest BCUT2D eigenvalue weighted by molar-refractivity contribution is 6.01. The van der Waals surface area contributed by atoms with Crippen LogP contribution in [0.5, 0.6) is 5.75 Å². The third kappa shape index (κ3) is 3.84. The molecule has 0 saturated carbocycles. The van der Waals surface area contributed by atoms with Crippen molar-refractivity contribution < 1.29 is 19.4 Å². The lowest BCUT2D eigenvalue weighted by atomic mass is 10.0. The molecular weight excluding hydrogens is 320 g/mol. The molecule has 0 aromatic heterocycles. The Kier molecular flexibility index (Phi) is 5.07. The van der Waals surface area contributed by atoms with Crippen LogP contribution >= 0.6 is 0 Å². The van der Waals surface area contributed by atoms with Gasteiger partial charge in [0.2, 0.25) is 0 Å². The molecule has 0 aliphatic carbocycles. The highest BCUT2D eigenvalue weighted by Crippen LogP contribution is 2.27. The van der Waals surface area contributed by atoms with E-state index in [1.807, 2.05) is 24.3 Å². The van der Waals surface area contributed by atoms with E-state index in [2.05, 4.69) is 5.32 Å². The van der Waals surface area contributed by atoms with Crippen LogP contribution in [0.3, 0.4) is 0 Å². The molecule has 0 bridgehead atoms. The number of nitrogens with zero attached hydrogens (tertiary/aromatic N) is 1. The molecule has 2 amide bonds. The molecule has 0 radical (unpaired) electrons. The molecule has 0 unspecified atom stereocenters. The summed E-state index contributed by atoms with van der Waals surface area (Å²) in [6.07, 6.45) is 1.12. The minimum atomic E-state index is -0.463. The standard InChI is InChI=1S/C19H22N2O4/c1-2-25-19(24)20-15-8-5-9-21(12-15)18(23)16-10-13-6-3-4-7-14(13)11-17(16)22/h3-4,6-7,10-11,15,22H,2,5,8-9,12H2,1H3,(H,20,24)/t15-/m0/s1. The van der Waals surface area contributed by atoms with Gasteiger partial charge in [0.25, 0.3) is 5.91 Å². The number of hydrogen-bond acceptors (Lipinski definition) is 4. The largest absolute Gasteiger partial charge is 0.507 e. The van der Waals surface area contributed by atoms with Crippen LogP contribution in [0.25, 0.3) is 10.8 Å².